The number of rotatable bonds is 0. The fourth-order valence-electron chi connectivity index (χ4n) is 5.15. The molecule has 2 aromatic rings. The topological polar surface area (TPSA) is 107 Å². The largest absolute Gasteiger partial charge is 0.426 e. The standard InChI is InChI=1S/C20H14O8/c1-8-15(21)18-16(22)13-14(24-13)17(23)19(18,28-18)20(25-8)26-10-6-2-4-9-5-3-7-11(27-20)12(9)10/h2-8,13-14,16,22H,1H3. The molecule has 3 saturated heterocycles. The van der Waals surface area contributed by atoms with Crippen molar-refractivity contribution in [1.82, 2.24) is 0 Å². The number of epoxide rings is 2. The summed E-state index contributed by atoms with van der Waals surface area (Å²) < 4.78 is 29.3. The fourth-order valence-corrected chi connectivity index (χ4v) is 5.15. The van der Waals surface area contributed by atoms with Crippen molar-refractivity contribution < 1.29 is 38.4 Å². The van der Waals surface area contributed by atoms with Crippen LogP contribution >= 0.6 is 0 Å². The van der Waals surface area contributed by atoms with Gasteiger partial charge in [-0.15, -0.1) is 0 Å². The Kier molecular flexibility index (Phi) is 2.33. The van der Waals surface area contributed by atoms with E-state index in [1.807, 2.05) is 24.3 Å². The quantitative estimate of drug-likeness (QED) is 0.656. The summed E-state index contributed by atoms with van der Waals surface area (Å²) in [5.74, 6) is -2.16. The Morgan fingerprint density at radius 3 is 2.36 bits per heavy atom. The average molecular weight is 382 g/mol. The first-order chi connectivity index (χ1) is 13.5. The lowest BCUT2D eigenvalue weighted by molar-refractivity contribution is -0.346. The number of carbonyl (C=O) groups excluding carboxylic acids is 2. The van der Waals surface area contributed by atoms with E-state index in [1.54, 1.807) is 12.1 Å². The lowest BCUT2D eigenvalue weighted by atomic mass is 9.70. The number of aliphatic hydroxyl groups is 1. The Morgan fingerprint density at radius 2 is 1.68 bits per heavy atom. The monoisotopic (exact) mass is 382 g/mol. The van der Waals surface area contributed by atoms with Crippen LogP contribution in [-0.4, -0.2) is 58.3 Å². The third kappa shape index (κ3) is 1.33. The van der Waals surface area contributed by atoms with Gasteiger partial charge in [-0.2, -0.15) is 0 Å². The van der Waals surface area contributed by atoms with Crippen molar-refractivity contribution in [3.05, 3.63) is 36.4 Å². The van der Waals surface area contributed by atoms with Crippen molar-refractivity contribution in [1.29, 1.82) is 0 Å². The number of ketones is 2. The van der Waals surface area contributed by atoms with Crippen LogP contribution in [0.4, 0.5) is 0 Å². The third-order valence-electron chi connectivity index (χ3n) is 6.47. The average Bonchev–Trinajstić information content (AvgIpc) is 3.58. The molecule has 0 aromatic heterocycles. The van der Waals surface area contributed by atoms with Crippen molar-refractivity contribution in [3.8, 4) is 11.5 Å². The van der Waals surface area contributed by atoms with Gasteiger partial charge < -0.3 is 24.1 Å². The van der Waals surface area contributed by atoms with Crippen LogP contribution in [0.1, 0.15) is 6.92 Å². The highest BCUT2D eigenvalue weighted by Crippen LogP contribution is 2.69. The van der Waals surface area contributed by atoms with Gasteiger partial charge in [0, 0.05) is 0 Å². The molecule has 5 aliphatic rings. The summed E-state index contributed by atoms with van der Waals surface area (Å²) in [4.78, 5) is 26.2. The molecule has 8 nitrogen and oxygen atoms in total. The van der Waals surface area contributed by atoms with E-state index in [-0.39, 0.29) is 0 Å². The Morgan fingerprint density at radius 1 is 1.00 bits per heavy atom. The van der Waals surface area contributed by atoms with Gasteiger partial charge >= 0.3 is 5.97 Å². The molecule has 4 aliphatic heterocycles. The number of carbonyl (C=O) groups is 2. The molecule has 4 heterocycles. The first kappa shape index (κ1) is 15.4. The van der Waals surface area contributed by atoms with Gasteiger partial charge in [-0.05, 0) is 24.4 Å². The third-order valence-corrected chi connectivity index (χ3v) is 6.47. The van der Waals surface area contributed by atoms with Crippen molar-refractivity contribution >= 4 is 22.3 Å². The number of fused-ring (bicyclic) bond motifs is 1. The van der Waals surface area contributed by atoms with Crippen LogP contribution in [-0.2, 0) is 23.8 Å². The highest BCUT2D eigenvalue weighted by molar-refractivity contribution is 6.12. The minimum atomic E-state index is -2.03. The molecular formula is C20H14O8. The summed E-state index contributed by atoms with van der Waals surface area (Å²) in [6, 6.07) is 10.9. The van der Waals surface area contributed by atoms with Crippen molar-refractivity contribution in [2.24, 2.45) is 0 Å². The zero-order chi connectivity index (χ0) is 19.1. The smallest absolute Gasteiger partial charge is 0.415 e. The SMILES string of the molecule is CC1OC2(Oc3cccc4cccc(c34)O2)C23OC2(C1=O)C(O)C1OC1C3=O. The van der Waals surface area contributed by atoms with Crippen LogP contribution in [0, 0.1) is 0 Å². The van der Waals surface area contributed by atoms with Crippen molar-refractivity contribution in [2.45, 2.75) is 48.5 Å². The van der Waals surface area contributed by atoms with E-state index in [0.29, 0.717) is 11.5 Å². The zero-order valence-electron chi connectivity index (χ0n) is 14.6. The van der Waals surface area contributed by atoms with E-state index in [4.69, 9.17) is 23.7 Å². The number of Topliss-reactive ketones (excluding diaryl/α,β-unsaturated/α-hetero) is 2. The molecule has 1 spiro atoms. The van der Waals surface area contributed by atoms with Gasteiger partial charge in [0.15, 0.2) is 5.78 Å². The van der Waals surface area contributed by atoms with E-state index in [9.17, 15) is 14.7 Å². The number of benzene rings is 2. The molecule has 28 heavy (non-hydrogen) atoms. The molecule has 1 aliphatic carbocycles. The molecule has 1 N–H and O–H groups in total. The maximum Gasteiger partial charge on any atom is 0.415 e. The molecule has 7 rings (SSSR count). The normalized spacial score (nSPS) is 43.5. The summed E-state index contributed by atoms with van der Waals surface area (Å²) >= 11 is 0. The predicted molar refractivity (Wildman–Crippen MR) is 89.7 cm³/mol. The van der Waals surface area contributed by atoms with Crippen LogP contribution in [0.15, 0.2) is 36.4 Å². The van der Waals surface area contributed by atoms with Crippen LogP contribution in [0.2, 0.25) is 0 Å². The molecule has 1 saturated carbocycles. The summed E-state index contributed by atoms with van der Waals surface area (Å²) in [5, 5.41) is 12.4. The summed E-state index contributed by atoms with van der Waals surface area (Å²) in [7, 11) is 0. The summed E-state index contributed by atoms with van der Waals surface area (Å²) in [5.41, 5.74) is -3.71. The highest BCUT2D eigenvalue weighted by Gasteiger charge is 3.00. The van der Waals surface area contributed by atoms with Crippen LogP contribution in [0.25, 0.3) is 10.8 Å². The molecule has 142 valence electrons. The van der Waals surface area contributed by atoms with Gasteiger partial charge in [0.2, 0.25) is 11.4 Å². The van der Waals surface area contributed by atoms with Gasteiger partial charge in [0.25, 0.3) is 5.60 Å². The molecule has 8 heteroatoms. The Hall–Kier alpha value is -2.52. The van der Waals surface area contributed by atoms with E-state index in [0.717, 1.165) is 10.8 Å². The number of aliphatic hydroxyl groups excluding tert-OH is 1. The summed E-state index contributed by atoms with van der Waals surface area (Å²) in [6.45, 7) is 1.52. The van der Waals surface area contributed by atoms with Gasteiger partial charge in [-0.3, -0.25) is 14.3 Å². The molecular weight excluding hydrogens is 368 g/mol. The second kappa shape index (κ2) is 4.23. The molecule has 4 fully saturated rings. The van der Waals surface area contributed by atoms with E-state index < -0.39 is 53.2 Å². The molecule has 6 atom stereocenters. The first-order valence-corrected chi connectivity index (χ1v) is 9.15. The van der Waals surface area contributed by atoms with Crippen LogP contribution in [0.3, 0.4) is 0 Å². The second-order valence-corrected chi connectivity index (χ2v) is 7.84. The molecule has 0 bridgehead atoms. The number of ether oxygens (including phenoxy) is 5. The summed E-state index contributed by atoms with van der Waals surface area (Å²) in [6.07, 6.45) is -3.94. The lowest BCUT2D eigenvalue weighted by Crippen LogP contribution is -2.75. The van der Waals surface area contributed by atoms with Crippen LogP contribution < -0.4 is 9.47 Å². The maximum atomic E-state index is 13.2. The first-order valence-electron chi connectivity index (χ1n) is 9.15. The van der Waals surface area contributed by atoms with E-state index in [2.05, 4.69) is 0 Å². The lowest BCUT2D eigenvalue weighted by Gasteiger charge is -2.46. The Balaban J connectivity index is 1.48. The fraction of sp³-hybridized carbons (Fsp3) is 0.400. The van der Waals surface area contributed by atoms with Gasteiger partial charge in [0.05, 0.1) is 5.39 Å². The maximum absolute atomic E-state index is 13.2. The van der Waals surface area contributed by atoms with Crippen LogP contribution in [0.5, 0.6) is 11.5 Å². The minimum Gasteiger partial charge on any atom is -0.426 e. The Bertz CT molecular complexity index is 1090. The van der Waals surface area contributed by atoms with E-state index in [1.165, 1.54) is 6.92 Å². The number of hydrogen-bond donors (Lipinski definition) is 1. The minimum absolute atomic E-state index is 0.445. The molecule has 6 unspecified atom stereocenters. The second-order valence-electron chi connectivity index (χ2n) is 7.84. The highest BCUT2D eigenvalue weighted by atomic mass is 16.9. The predicted octanol–water partition coefficient (Wildman–Crippen LogP) is 0.471. The molecule has 2 aromatic carbocycles. The Labute approximate surface area is 157 Å². The molecule has 0 radical (unpaired) electrons. The number of hydrogen-bond acceptors (Lipinski definition) is 8. The zero-order valence-corrected chi connectivity index (χ0v) is 14.6. The molecule has 0 amide bonds. The van der Waals surface area contributed by atoms with Crippen molar-refractivity contribution in [3.63, 3.8) is 0 Å². The van der Waals surface area contributed by atoms with Crippen molar-refractivity contribution in [2.75, 3.05) is 0 Å². The van der Waals surface area contributed by atoms with Gasteiger partial charge in [-0.1, -0.05) is 24.3 Å². The van der Waals surface area contributed by atoms with E-state index >= 15 is 0 Å². The van der Waals surface area contributed by atoms with Gasteiger partial charge in [-0.25, -0.2) is 0 Å². The van der Waals surface area contributed by atoms with Gasteiger partial charge in [0.1, 0.15) is 35.9 Å².